The van der Waals surface area contributed by atoms with Gasteiger partial charge >= 0.3 is 0 Å². The molecule has 1 heterocycles. The number of aryl methyl sites for hydroxylation is 2. The van der Waals surface area contributed by atoms with E-state index in [-0.39, 0.29) is 0 Å². The van der Waals surface area contributed by atoms with E-state index in [1.807, 2.05) is 26.0 Å². The molecule has 0 aliphatic carbocycles. The zero-order valence-electron chi connectivity index (χ0n) is 11.3. The Kier molecular flexibility index (Phi) is 4.08. The second-order valence-corrected chi connectivity index (χ2v) is 7.91. The van der Waals surface area contributed by atoms with Gasteiger partial charge in [-0.05, 0) is 30.9 Å². The van der Waals surface area contributed by atoms with Crippen LogP contribution >= 0.6 is 11.3 Å². The molecule has 0 N–H and O–H groups in total. The summed E-state index contributed by atoms with van der Waals surface area (Å²) in [6.07, 6.45) is 0. The lowest BCUT2D eigenvalue weighted by molar-refractivity contribution is 0.468. The molecule has 0 saturated carbocycles. The molecule has 1 aromatic heterocycles. The van der Waals surface area contributed by atoms with Gasteiger partial charge in [0.05, 0.1) is 0 Å². The molecule has 3 nitrogen and oxygen atoms in total. The lowest BCUT2D eigenvalue weighted by Gasteiger charge is -2.16. The summed E-state index contributed by atoms with van der Waals surface area (Å²) in [5, 5.41) is 1.78. The van der Waals surface area contributed by atoms with E-state index in [9.17, 15) is 8.42 Å². The van der Waals surface area contributed by atoms with Gasteiger partial charge in [0.2, 0.25) is 0 Å². The second kappa shape index (κ2) is 5.45. The largest absolute Gasteiger partial charge is 0.252 e. The number of benzene rings is 1. The zero-order chi connectivity index (χ0) is 14.0. The normalized spacial score (nSPS) is 12.0. The van der Waals surface area contributed by atoms with Gasteiger partial charge < -0.3 is 0 Å². The van der Waals surface area contributed by atoms with E-state index in [1.165, 1.54) is 15.6 Å². The Morgan fingerprint density at radius 1 is 1.16 bits per heavy atom. The third-order valence-electron chi connectivity index (χ3n) is 2.85. The molecule has 0 amide bonds. The molecule has 0 bridgehead atoms. The molecule has 0 unspecified atom stereocenters. The van der Waals surface area contributed by atoms with Crippen LogP contribution in [0, 0.1) is 13.8 Å². The smallest absolute Gasteiger partial charge is 0.206 e. The summed E-state index contributed by atoms with van der Waals surface area (Å²) in [7, 11) is -1.75. The van der Waals surface area contributed by atoms with E-state index in [0.717, 1.165) is 16.7 Å². The predicted octanol–water partition coefficient (Wildman–Crippen LogP) is 3.19. The fourth-order valence-corrected chi connectivity index (χ4v) is 4.43. The van der Waals surface area contributed by atoms with Crippen molar-refractivity contribution in [3.63, 3.8) is 0 Å². The van der Waals surface area contributed by atoms with Crippen molar-refractivity contribution in [2.75, 3.05) is 7.05 Å². The van der Waals surface area contributed by atoms with Crippen LogP contribution in [-0.2, 0) is 16.6 Å². The van der Waals surface area contributed by atoms with Crippen LogP contribution in [0.15, 0.2) is 39.9 Å². The van der Waals surface area contributed by atoms with Crippen molar-refractivity contribution in [3.05, 3.63) is 52.4 Å². The van der Waals surface area contributed by atoms with Gasteiger partial charge in [0.1, 0.15) is 4.21 Å². The van der Waals surface area contributed by atoms with Crippen molar-refractivity contribution in [3.8, 4) is 0 Å². The minimum absolute atomic E-state index is 0.388. The third-order valence-corrected chi connectivity index (χ3v) is 6.02. The highest BCUT2D eigenvalue weighted by Crippen LogP contribution is 2.21. The van der Waals surface area contributed by atoms with Crippen molar-refractivity contribution < 1.29 is 8.42 Å². The van der Waals surface area contributed by atoms with Crippen molar-refractivity contribution >= 4 is 21.4 Å². The molecular formula is C14H17NO2S2. The first-order valence-corrected chi connectivity index (χ1v) is 8.28. The fraction of sp³-hybridized carbons (Fsp3) is 0.286. The quantitative estimate of drug-likeness (QED) is 0.868. The summed E-state index contributed by atoms with van der Waals surface area (Å²) in [4.78, 5) is 0. The lowest BCUT2D eigenvalue weighted by Crippen LogP contribution is -2.25. The van der Waals surface area contributed by atoms with Gasteiger partial charge in [-0.15, -0.1) is 11.3 Å². The maximum Gasteiger partial charge on any atom is 0.252 e. The first-order valence-electron chi connectivity index (χ1n) is 5.96. The van der Waals surface area contributed by atoms with Crippen molar-refractivity contribution in [1.29, 1.82) is 0 Å². The van der Waals surface area contributed by atoms with Crippen LogP contribution in [0.25, 0.3) is 0 Å². The molecule has 0 aliphatic heterocycles. The van der Waals surface area contributed by atoms with E-state index in [0.29, 0.717) is 10.8 Å². The van der Waals surface area contributed by atoms with Gasteiger partial charge in [0.15, 0.2) is 0 Å². The number of hydrogen-bond donors (Lipinski definition) is 0. The summed E-state index contributed by atoms with van der Waals surface area (Å²) >= 11 is 1.25. The predicted molar refractivity (Wildman–Crippen MR) is 78.9 cm³/mol. The molecule has 0 atom stereocenters. The van der Waals surface area contributed by atoms with E-state index >= 15 is 0 Å². The molecular weight excluding hydrogens is 278 g/mol. The number of nitrogens with zero attached hydrogens (tertiary/aromatic N) is 1. The van der Waals surface area contributed by atoms with Crippen LogP contribution in [-0.4, -0.2) is 19.8 Å². The van der Waals surface area contributed by atoms with Crippen LogP contribution in [0.4, 0.5) is 0 Å². The first-order chi connectivity index (χ1) is 8.89. The van der Waals surface area contributed by atoms with Gasteiger partial charge in [-0.1, -0.05) is 35.4 Å². The Morgan fingerprint density at radius 3 is 2.32 bits per heavy atom. The molecule has 2 rings (SSSR count). The zero-order valence-corrected chi connectivity index (χ0v) is 12.9. The van der Waals surface area contributed by atoms with Gasteiger partial charge in [-0.25, -0.2) is 8.42 Å². The standard InChI is InChI=1S/C14H17NO2S2/c1-11-7-12(2)9-13(8-11)10-15(3)19(16,17)14-5-4-6-18-14/h4-9H,10H2,1-3H3. The average Bonchev–Trinajstić information content (AvgIpc) is 2.80. The molecule has 0 radical (unpaired) electrons. The van der Waals surface area contributed by atoms with Gasteiger partial charge in [0.25, 0.3) is 10.0 Å². The Bertz CT molecular complexity index is 641. The summed E-state index contributed by atoms with van der Waals surface area (Å²) < 4.78 is 26.4. The fourth-order valence-electron chi connectivity index (χ4n) is 2.07. The number of rotatable bonds is 4. The van der Waals surface area contributed by atoms with E-state index < -0.39 is 10.0 Å². The summed E-state index contributed by atoms with van der Waals surface area (Å²) in [5.41, 5.74) is 3.31. The van der Waals surface area contributed by atoms with Gasteiger partial charge in [0, 0.05) is 13.6 Å². The molecule has 1 aromatic carbocycles. The van der Waals surface area contributed by atoms with E-state index in [1.54, 1.807) is 24.6 Å². The van der Waals surface area contributed by atoms with Crippen LogP contribution < -0.4 is 0 Å². The molecule has 19 heavy (non-hydrogen) atoms. The minimum atomic E-state index is -3.37. The SMILES string of the molecule is Cc1cc(C)cc(CN(C)S(=O)(=O)c2cccs2)c1. The number of thiophene rings is 1. The highest BCUT2D eigenvalue weighted by atomic mass is 32.2. The molecule has 2 aromatic rings. The topological polar surface area (TPSA) is 37.4 Å². The molecule has 0 spiro atoms. The van der Waals surface area contributed by atoms with Crippen molar-refractivity contribution in [2.24, 2.45) is 0 Å². The van der Waals surface area contributed by atoms with Crippen LogP contribution in [0.3, 0.4) is 0 Å². The first kappa shape index (κ1) is 14.2. The third kappa shape index (κ3) is 3.23. The van der Waals surface area contributed by atoms with Gasteiger partial charge in [-0.3, -0.25) is 0 Å². The maximum atomic E-state index is 12.3. The summed E-state index contributed by atoms with van der Waals surface area (Å²) in [6, 6.07) is 9.51. The molecule has 102 valence electrons. The Labute approximate surface area is 118 Å². The van der Waals surface area contributed by atoms with Crippen molar-refractivity contribution in [1.82, 2.24) is 4.31 Å². The van der Waals surface area contributed by atoms with E-state index in [4.69, 9.17) is 0 Å². The Morgan fingerprint density at radius 2 is 1.79 bits per heavy atom. The number of sulfonamides is 1. The van der Waals surface area contributed by atoms with Crippen LogP contribution in [0.1, 0.15) is 16.7 Å². The molecule has 5 heteroatoms. The molecule has 0 fully saturated rings. The van der Waals surface area contributed by atoms with E-state index in [2.05, 4.69) is 6.07 Å². The highest BCUT2D eigenvalue weighted by Gasteiger charge is 2.21. The maximum absolute atomic E-state index is 12.3. The number of hydrogen-bond acceptors (Lipinski definition) is 3. The van der Waals surface area contributed by atoms with Gasteiger partial charge in [-0.2, -0.15) is 4.31 Å². The average molecular weight is 295 g/mol. The Hall–Kier alpha value is -1.17. The van der Waals surface area contributed by atoms with Crippen LogP contribution in [0.5, 0.6) is 0 Å². The summed E-state index contributed by atoms with van der Waals surface area (Å²) in [5.74, 6) is 0. The summed E-state index contributed by atoms with van der Waals surface area (Å²) in [6.45, 7) is 4.43. The minimum Gasteiger partial charge on any atom is -0.206 e. The lowest BCUT2D eigenvalue weighted by atomic mass is 10.1. The highest BCUT2D eigenvalue weighted by molar-refractivity contribution is 7.91. The Balaban J connectivity index is 2.24. The van der Waals surface area contributed by atoms with Crippen molar-refractivity contribution in [2.45, 2.75) is 24.6 Å². The molecule has 0 saturated heterocycles. The van der Waals surface area contributed by atoms with Crippen LogP contribution in [0.2, 0.25) is 0 Å². The second-order valence-electron chi connectivity index (χ2n) is 4.69. The molecule has 0 aliphatic rings. The monoisotopic (exact) mass is 295 g/mol.